The standard InChI is InChI=1S/C23H15F2NO4/c24-23(25)11-26(12-23)13-5-7-17-19(9-13)30-20-10-14(27)6-8-18(20)21(17)15-3-1-2-4-16(15)22(28)29/h1-10H,11-12H2,(H,28,29). The Hall–Kier alpha value is -3.74. The molecule has 2 heterocycles. The van der Waals surface area contributed by atoms with E-state index in [1.807, 2.05) is 0 Å². The molecule has 0 radical (unpaired) electrons. The molecule has 1 fully saturated rings. The molecule has 30 heavy (non-hydrogen) atoms. The molecular weight excluding hydrogens is 392 g/mol. The maximum Gasteiger partial charge on any atom is 0.336 e. The molecule has 0 amide bonds. The third-order valence-corrected chi connectivity index (χ3v) is 5.31. The van der Waals surface area contributed by atoms with Crippen molar-refractivity contribution in [1.82, 2.24) is 0 Å². The Bertz CT molecular complexity index is 1340. The first kappa shape index (κ1) is 18.3. The number of carboxylic acid groups (broad SMARTS) is 1. The van der Waals surface area contributed by atoms with Gasteiger partial charge in [-0.3, -0.25) is 4.79 Å². The minimum absolute atomic E-state index is 0.115. The van der Waals surface area contributed by atoms with Gasteiger partial charge in [0.2, 0.25) is 0 Å². The largest absolute Gasteiger partial charge is 0.478 e. The van der Waals surface area contributed by atoms with Crippen molar-refractivity contribution >= 4 is 22.6 Å². The van der Waals surface area contributed by atoms with Crippen molar-refractivity contribution in [3.8, 4) is 22.5 Å². The summed E-state index contributed by atoms with van der Waals surface area (Å²) in [6, 6.07) is 16.0. The van der Waals surface area contributed by atoms with Crippen molar-refractivity contribution in [2.75, 3.05) is 18.0 Å². The van der Waals surface area contributed by atoms with E-state index in [0.29, 0.717) is 39.1 Å². The molecule has 0 saturated carbocycles. The second-order valence-electron chi connectivity index (χ2n) is 7.38. The predicted molar refractivity (Wildman–Crippen MR) is 109 cm³/mol. The van der Waals surface area contributed by atoms with Crippen LogP contribution < -0.4 is 10.3 Å². The average Bonchev–Trinajstić information content (AvgIpc) is 2.69. The number of hydrogen-bond donors (Lipinski definition) is 1. The van der Waals surface area contributed by atoms with Crippen molar-refractivity contribution < 1.29 is 23.1 Å². The highest BCUT2D eigenvalue weighted by Crippen LogP contribution is 2.42. The summed E-state index contributed by atoms with van der Waals surface area (Å²) < 4.78 is 32.5. The van der Waals surface area contributed by atoms with Crippen LogP contribution in [0.1, 0.15) is 10.4 Å². The first-order valence-corrected chi connectivity index (χ1v) is 9.28. The highest BCUT2D eigenvalue weighted by atomic mass is 19.3. The fourth-order valence-corrected chi connectivity index (χ4v) is 3.93. The first-order valence-electron chi connectivity index (χ1n) is 9.28. The predicted octanol–water partition coefficient (Wildman–Crippen LogP) is 4.72. The van der Waals surface area contributed by atoms with Gasteiger partial charge in [-0.05, 0) is 35.9 Å². The third kappa shape index (κ3) is 2.90. The molecule has 2 aromatic rings. The van der Waals surface area contributed by atoms with Crippen LogP contribution in [0.5, 0.6) is 0 Å². The summed E-state index contributed by atoms with van der Waals surface area (Å²) >= 11 is 0. The number of alkyl halides is 2. The molecule has 0 spiro atoms. The lowest BCUT2D eigenvalue weighted by Gasteiger charge is -2.40. The second-order valence-corrected chi connectivity index (χ2v) is 7.38. The minimum Gasteiger partial charge on any atom is -0.478 e. The van der Waals surface area contributed by atoms with Gasteiger partial charge in [0, 0.05) is 34.3 Å². The van der Waals surface area contributed by atoms with Gasteiger partial charge in [-0.25, -0.2) is 13.6 Å². The molecule has 0 bridgehead atoms. The summed E-state index contributed by atoms with van der Waals surface area (Å²) in [5.74, 6) is -3.48. The van der Waals surface area contributed by atoms with E-state index in [0.717, 1.165) is 0 Å². The van der Waals surface area contributed by atoms with Gasteiger partial charge in [0.05, 0.1) is 18.7 Å². The third-order valence-electron chi connectivity index (χ3n) is 5.31. The van der Waals surface area contributed by atoms with Gasteiger partial charge in [0.25, 0.3) is 5.92 Å². The number of carbonyl (C=O) groups is 1. The molecule has 1 N–H and O–H groups in total. The lowest BCUT2D eigenvalue weighted by Crippen LogP contribution is -2.56. The molecule has 7 heteroatoms. The van der Waals surface area contributed by atoms with E-state index >= 15 is 0 Å². The smallest absolute Gasteiger partial charge is 0.336 e. The van der Waals surface area contributed by atoms with Gasteiger partial charge in [-0.1, -0.05) is 18.2 Å². The summed E-state index contributed by atoms with van der Waals surface area (Å²) in [5.41, 5.74) is 2.52. The van der Waals surface area contributed by atoms with E-state index in [9.17, 15) is 23.5 Å². The Morgan fingerprint density at radius 2 is 1.77 bits per heavy atom. The number of benzene rings is 3. The maximum atomic E-state index is 13.3. The fraction of sp³-hybridized carbons (Fsp3) is 0.130. The number of halogens is 2. The average molecular weight is 407 g/mol. The lowest BCUT2D eigenvalue weighted by atomic mass is 9.90. The fourth-order valence-electron chi connectivity index (χ4n) is 3.93. The quantitative estimate of drug-likeness (QED) is 0.498. The molecule has 150 valence electrons. The number of hydrogen-bond acceptors (Lipinski definition) is 4. The maximum absolute atomic E-state index is 13.3. The van der Waals surface area contributed by atoms with Crippen molar-refractivity contribution in [2.24, 2.45) is 0 Å². The van der Waals surface area contributed by atoms with Crippen molar-refractivity contribution in [3.05, 3.63) is 76.5 Å². The number of carboxylic acids is 1. The zero-order valence-corrected chi connectivity index (χ0v) is 15.6. The molecule has 0 aromatic heterocycles. The minimum atomic E-state index is -2.71. The summed E-state index contributed by atoms with van der Waals surface area (Å²) in [5, 5.41) is 10.3. The molecule has 2 aromatic carbocycles. The highest BCUT2D eigenvalue weighted by Gasteiger charge is 2.44. The van der Waals surface area contributed by atoms with Crippen LogP contribution in [0.15, 0.2) is 69.9 Å². The van der Waals surface area contributed by atoms with Crippen LogP contribution in [0.2, 0.25) is 0 Å². The second kappa shape index (κ2) is 6.38. The SMILES string of the molecule is O=C(O)c1ccccc1-c1c2ccc(=O)cc-2oc2cc(N3CC(F)(F)C3)ccc12. The molecule has 2 aliphatic heterocycles. The van der Waals surface area contributed by atoms with Crippen LogP contribution in [0, 0.1) is 0 Å². The lowest BCUT2D eigenvalue weighted by molar-refractivity contribution is -0.0262. The highest BCUT2D eigenvalue weighted by molar-refractivity contribution is 6.07. The summed E-state index contributed by atoms with van der Waals surface area (Å²) in [6.07, 6.45) is 0. The van der Waals surface area contributed by atoms with E-state index < -0.39 is 11.9 Å². The Kier molecular flexibility index (Phi) is 3.89. The number of anilines is 1. The van der Waals surface area contributed by atoms with Gasteiger partial charge in [0.1, 0.15) is 11.3 Å². The Morgan fingerprint density at radius 3 is 2.50 bits per heavy atom. The van der Waals surface area contributed by atoms with Gasteiger partial charge >= 0.3 is 5.97 Å². The first-order chi connectivity index (χ1) is 14.3. The Balaban J connectivity index is 1.80. The number of fused-ring (bicyclic) bond motifs is 2. The van der Waals surface area contributed by atoms with Crippen LogP contribution in [-0.2, 0) is 0 Å². The number of rotatable bonds is 3. The Labute approximate surface area is 169 Å². The van der Waals surface area contributed by atoms with E-state index in [-0.39, 0.29) is 24.1 Å². The van der Waals surface area contributed by atoms with Gasteiger partial charge < -0.3 is 14.4 Å². The summed E-state index contributed by atoms with van der Waals surface area (Å²) in [7, 11) is 0. The van der Waals surface area contributed by atoms with Crippen LogP contribution >= 0.6 is 0 Å². The van der Waals surface area contributed by atoms with Gasteiger partial charge in [0.15, 0.2) is 5.43 Å². The van der Waals surface area contributed by atoms with Crippen molar-refractivity contribution in [1.29, 1.82) is 0 Å². The molecule has 1 aliphatic carbocycles. The van der Waals surface area contributed by atoms with Gasteiger partial charge in [-0.15, -0.1) is 0 Å². The van der Waals surface area contributed by atoms with Crippen LogP contribution in [-0.4, -0.2) is 30.1 Å². The molecule has 0 atom stereocenters. The van der Waals surface area contributed by atoms with Crippen molar-refractivity contribution in [3.63, 3.8) is 0 Å². The monoisotopic (exact) mass is 407 g/mol. The molecule has 5 rings (SSSR count). The summed E-state index contributed by atoms with van der Waals surface area (Å²) in [6.45, 7) is -0.739. The van der Waals surface area contributed by atoms with Crippen LogP contribution in [0.25, 0.3) is 33.4 Å². The topological polar surface area (TPSA) is 70.7 Å². The van der Waals surface area contributed by atoms with Crippen molar-refractivity contribution in [2.45, 2.75) is 5.92 Å². The number of nitrogens with zero attached hydrogens (tertiary/aromatic N) is 1. The molecular formula is C23H15F2NO4. The molecule has 3 aliphatic rings. The van der Waals surface area contributed by atoms with Crippen LogP contribution in [0.4, 0.5) is 14.5 Å². The van der Waals surface area contributed by atoms with Gasteiger partial charge in [-0.2, -0.15) is 0 Å². The molecule has 5 nitrogen and oxygen atoms in total. The van der Waals surface area contributed by atoms with E-state index in [4.69, 9.17) is 4.42 Å². The van der Waals surface area contributed by atoms with E-state index in [2.05, 4.69) is 0 Å². The zero-order valence-electron chi connectivity index (χ0n) is 15.6. The molecule has 1 saturated heterocycles. The normalized spacial score (nSPS) is 15.3. The summed E-state index contributed by atoms with van der Waals surface area (Å²) in [4.78, 5) is 25.3. The number of aromatic carboxylic acids is 1. The van der Waals surface area contributed by atoms with E-state index in [1.54, 1.807) is 42.5 Å². The Morgan fingerprint density at radius 1 is 1.00 bits per heavy atom. The van der Waals surface area contributed by atoms with E-state index in [1.165, 1.54) is 23.1 Å². The van der Waals surface area contributed by atoms with Crippen LogP contribution in [0.3, 0.4) is 0 Å². The zero-order chi connectivity index (χ0) is 21.0. The molecule has 0 unspecified atom stereocenters.